The van der Waals surface area contributed by atoms with E-state index in [9.17, 15) is 9.59 Å². The molecule has 0 unspecified atom stereocenters. The number of hydrogen-bond donors (Lipinski definition) is 2. The van der Waals surface area contributed by atoms with E-state index in [2.05, 4.69) is 15.0 Å². The molecule has 122 valence electrons. The third kappa shape index (κ3) is 4.38. The first-order chi connectivity index (χ1) is 11.0. The van der Waals surface area contributed by atoms with Crippen LogP contribution in [0, 0.1) is 0 Å². The molecule has 0 saturated carbocycles. The Hall–Kier alpha value is -2.70. The fourth-order valence-corrected chi connectivity index (χ4v) is 2.25. The average molecular weight is 316 g/mol. The molecule has 0 aliphatic heterocycles. The van der Waals surface area contributed by atoms with E-state index in [-0.39, 0.29) is 12.1 Å². The van der Waals surface area contributed by atoms with Gasteiger partial charge in [-0.05, 0) is 25.0 Å². The van der Waals surface area contributed by atoms with Crippen LogP contribution < -0.4 is 10.5 Å². The molecule has 0 aliphatic rings. The van der Waals surface area contributed by atoms with Crippen molar-refractivity contribution in [3.05, 3.63) is 40.4 Å². The molecule has 2 aromatic rings. The number of aliphatic carboxylic acids is 1. The van der Waals surface area contributed by atoms with Crippen molar-refractivity contribution in [1.82, 2.24) is 15.0 Å². The molecule has 2 heterocycles. The number of carbonyl (C=O) groups is 1. The maximum absolute atomic E-state index is 11.6. The number of aryl methyl sites for hydroxylation is 1. The summed E-state index contributed by atoms with van der Waals surface area (Å²) < 4.78 is 0. The largest absolute Gasteiger partial charge is 0.480 e. The fourth-order valence-electron chi connectivity index (χ4n) is 2.25. The quantitative estimate of drug-likeness (QED) is 0.806. The number of anilines is 1. The summed E-state index contributed by atoms with van der Waals surface area (Å²) in [5, 5.41) is 8.97. The maximum Gasteiger partial charge on any atom is 0.323 e. The summed E-state index contributed by atoms with van der Waals surface area (Å²) in [4.78, 5) is 35.7. The summed E-state index contributed by atoms with van der Waals surface area (Å²) in [6.07, 6.45) is 3.09. The van der Waals surface area contributed by atoms with Gasteiger partial charge in [-0.15, -0.1) is 0 Å². The molecule has 0 bridgehead atoms. The molecule has 2 aromatic heterocycles. The van der Waals surface area contributed by atoms with Gasteiger partial charge in [0, 0.05) is 30.1 Å². The summed E-state index contributed by atoms with van der Waals surface area (Å²) in [6.45, 7) is 4.43. The van der Waals surface area contributed by atoms with Gasteiger partial charge in [0.15, 0.2) is 0 Å². The van der Waals surface area contributed by atoms with Crippen molar-refractivity contribution in [3.63, 3.8) is 0 Å². The van der Waals surface area contributed by atoms with Crippen molar-refractivity contribution in [1.29, 1.82) is 0 Å². The molecule has 0 spiro atoms. The smallest absolute Gasteiger partial charge is 0.323 e. The van der Waals surface area contributed by atoms with Crippen molar-refractivity contribution in [2.45, 2.75) is 26.7 Å². The highest BCUT2D eigenvalue weighted by molar-refractivity contribution is 5.73. The van der Waals surface area contributed by atoms with E-state index in [0.29, 0.717) is 35.9 Å². The first-order valence-corrected chi connectivity index (χ1v) is 7.56. The lowest BCUT2D eigenvalue weighted by molar-refractivity contribution is -0.135. The van der Waals surface area contributed by atoms with Gasteiger partial charge in [-0.1, -0.05) is 13.8 Å². The Morgan fingerprint density at radius 3 is 2.70 bits per heavy atom. The number of carboxylic acid groups (broad SMARTS) is 1. The fraction of sp³-hybridized carbons (Fsp3) is 0.375. The number of hydrogen-bond acceptors (Lipinski definition) is 5. The van der Waals surface area contributed by atoms with Crippen LogP contribution in [-0.4, -0.2) is 39.1 Å². The van der Waals surface area contributed by atoms with Gasteiger partial charge in [0.25, 0.3) is 5.56 Å². The van der Waals surface area contributed by atoms with E-state index in [1.54, 1.807) is 23.2 Å². The zero-order valence-electron chi connectivity index (χ0n) is 13.2. The normalized spacial score (nSPS) is 10.5. The molecule has 0 saturated heterocycles. The standard InChI is InChI=1S/C16H20N4O3/c1-3-7-20(10-15(22)23)13-6-5-11(9-17-13)16-18-12(4-2)8-14(21)19-16/h5-6,8-9H,3-4,7,10H2,1-2H3,(H,22,23)(H,18,19,21). The predicted molar refractivity (Wildman–Crippen MR) is 87.6 cm³/mol. The van der Waals surface area contributed by atoms with E-state index < -0.39 is 5.97 Å². The van der Waals surface area contributed by atoms with Crippen LogP contribution in [0.3, 0.4) is 0 Å². The van der Waals surface area contributed by atoms with Crippen LogP contribution >= 0.6 is 0 Å². The van der Waals surface area contributed by atoms with Gasteiger partial charge in [-0.3, -0.25) is 9.59 Å². The number of aromatic nitrogens is 3. The second-order valence-electron chi connectivity index (χ2n) is 5.16. The number of nitrogens with zero attached hydrogens (tertiary/aromatic N) is 3. The zero-order valence-corrected chi connectivity index (χ0v) is 13.2. The number of H-pyrrole nitrogens is 1. The molecule has 0 radical (unpaired) electrons. The van der Waals surface area contributed by atoms with Crippen LogP contribution in [-0.2, 0) is 11.2 Å². The molecule has 0 aliphatic carbocycles. The third-order valence-corrected chi connectivity index (χ3v) is 3.32. The highest BCUT2D eigenvalue weighted by Crippen LogP contribution is 2.17. The molecular weight excluding hydrogens is 296 g/mol. The molecule has 0 aromatic carbocycles. The summed E-state index contributed by atoms with van der Waals surface area (Å²) in [7, 11) is 0. The average Bonchev–Trinajstić information content (AvgIpc) is 2.53. The molecule has 7 heteroatoms. The Bertz CT molecular complexity index is 725. The lowest BCUT2D eigenvalue weighted by Gasteiger charge is -2.20. The van der Waals surface area contributed by atoms with Gasteiger partial charge in [0.1, 0.15) is 18.2 Å². The highest BCUT2D eigenvalue weighted by Gasteiger charge is 2.12. The number of pyridine rings is 1. The van der Waals surface area contributed by atoms with Crippen molar-refractivity contribution in [3.8, 4) is 11.4 Å². The van der Waals surface area contributed by atoms with Crippen LogP contribution in [0.5, 0.6) is 0 Å². The topological polar surface area (TPSA) is 99.2 Å². The van der Waals surface area contributed by atoms with E-state index in [1.165, 1.54) is 6.07 Å². The van der Waals surface area contributed by atoms with E-state index in [0.717, 1.165) is 6.42 Å². The summed E-state index contributed by atoms with van der Waals surface area (Å²) in [5.41, 5.74) is 1.20. The van der Waals surface area contributed by atoms with Crippen molar-refractivity contribution >= 4 is 11.8 Å². The van der Waals surface area contributed by atoms with Gasteiger partial charge < -0.3 is 15.0 Å². The summed E-state index contributed by atoms with van der Waals surface area (Å²) >= 11 is 0. The molecule has 0 atom stereocenters. The molecular formula is C16H20N4O3. The third-order valence-electron chi connectivity index (χ3n) is 3.32. The molecule has 2 rings (SSSR count). The Labute approximate surface area is 134 Å². The summed E-state index contributed by atoms with van der Waals surface area (Å²) in [6, 6.07) is 5.00. The molecule has 7 nitrogen and oxygen atoms in total. The maximum atomic E-state index is 11.6. The number of nitrogens with one attached hydrogen (secondary N) is 1. The lowest BCUT2D eigenvalue weighted by atomic mass is 10.2. The van der Waals surface area contributed by atoms with E-state index >= 15 is 0 Å². The second kappa shape index (κ2) is 7.53. The van der Waals surface area contributed by atoms with Crippen LogP contribution in [0.25, 0.3) is 11.4 Å². The van der Waals surface area contributed by atoms with Crippen molar-refractivity contribution < 1.29 is 9.90 Å². The van der Waals surface area contributed by atoms with Crippen molar-refractivity contribution in [2.75, 3.05) is 18.0 Å². The van der Waals surface area contributed by atoms with Gasteiger partial charge in [0.2, 0.25) is 0 Å². The number of carboxylic acids is 1. The first kappa shape index (κ1) is 16.7. The molecule has 0 fully saturated rings. The van der Waals surface area contributed by atoms with Crippen LogP contribution in [0.2, 0.25) is 0 Å². The zero-order chi connectivity index (χ0) is 16.8. The number of rotatable bonds is 7. The van der Waals surface area contributed by atoms with Gasteiger partial charge in [0.05, 0.1) is 0 Å². The Kier molecular flexibility index (Phi) is 5.46. The van der Waals surface area contributed by atoms with E-state index in [4.69, 9.17) is 5.11 Å². The lowest BCUT2D eigenvalue weighted by Crippen LogP contribution is -2.31. The van der Waals surface area contributed by atoms with Gasteiger partial charge in [-0.25, -0.2) is 9.97 Å². The van der Waals surface area contributed by atoms with E-state index in [1.807, 2.05) is 13.8 Å². The SMILES string of the molecule is CCCN(CC(=O)O)c1ccc(-c2nc(CC)cc(=O)[nH]2)cn1. The Balaban J connectivity index is 2.29. The first-order valence-electron chi connectivity index (χ1n) is 7.56. The summed E-state index contributed by atoms with van der Waals surface area (Å²) in [5.74, 6) is 0.159. The number of aromatic amines is 1. The molecule has 23 heavy (non-hydrogen) atoms. The Morgan fingerprint density at radius 1 is 1.35 bits per heavy atom. The monoisotopic (exact) mass is 316 g/mol. The second-order valence-corrected chi connectivity index (χ2v) is 5.16. The van der Waals surface area contributed by atoms with Crippen molar-refractivity contribution in [2.24, 2.45) is 0 Å². The molecule has 2 N–H and O–H groups in total. The minimum Gasteiger partial charge on any atom is -0.480 e. The van der Waals surface area contributed by atoms with Gasteiger partial charge in [-0.2, -0.15) is 0 Å². The highest BCUT2D eigenvalue weighted by atomic mass is 16.4. The van der Waals surface area contributed by atoms with Crippen LogP contribution in [0.1, 0.15) is 26.0 Å². The minimum absolute atomic E-state index is 0.0966. The van der Waals surface area contributed by atoms with Crippen LogP contribution in [0.15, 0.2) is 29.2 Å². The predicted octanol–water partition coefficient (Wildman–Crippen LogP) is 1.70. The minimum atomic E-state index is -0.897. The van der Waals surface area contributed by atoms with Crippen LogP contribution in [0.4, 0.5) is 5.82 Å². The Morgan fingerprint density at radius 2 is 2.13 bits per heavy atom. The van der Waals surface area contributed by atoms with Gasteiger partial charge >= 0.3 is 5.97 Å². The molecule has 0 amide bonds.